The van der Waals surface area contributed by atoms with Gasteiger partial charge in [-0.05, 0) is 24.7 Å². The molecule has 0 unspecified atom stereocenters. The molecule has 0 atom stereocenters. The highest BCUT2D eigenvalue weighted by Gasteiger charge is 2.24. The number of amides is 1. The van der Waals surface area contributed by atoms with E-state index in [0.29, 0.717) is 5.69 Å². The summed E-state index contributed by atoms with van der Waals surface area (Å²) in [5.41, 5.74) is 1.75. The van der Waals surface area contributed by atoms with Crippen LogP contribution in [0.1, 0.15) is 16.1 Å². The summed E-state index contributed by atoms with van der Waals surface area (Å²) in [6.07, 6.45) is 0. The third-order valence-electron chi connectivity index (χ3n) is 5.61. The highest BCUT2D eigenvalue weighted by atomic mass is 16.2. The van der Waals surface area contributed by atoms with Crippen molar-refractivity contribution in [2.24, 2.45) is 0 Å². The Kier molecular flexibility index (Phi) is 5.83. The average molecular weight is 380 g/mol. The molecule has 3 heterocycles. The average Bonchev–Trinajstić information content (AvgIpc) is 2.75. The van der Waals surface area contributed by atoms with Crippen molar-refractivity contribution < 1.29 is 4.79 Å². The van der Waals surface area contributed by atoms with Crippen molar-refractivity contribution in [3.63, 3.8) is 0 Å². The van der Waals surface area contributed by atoms with Gasteiger partial charge in [0.2, 0.25) is 0 Å². The first kappa shape index (κ1) is 18.8. The molecule has 0 aliphatic carbocycles. The second kappa shape index (κ2) is 8.67. The number of likely N-dealkylation sites (N-methyl/N-ethyl adjacent to an activating group) is 1. The van der Waals surface area contributed by atoms with Crippen LogP contribution in [0, 0.1) is 0 Å². The Hall–Kier alpha value is -2.51. The third kappa shape index (κ3) is 4.48. The predicted molar refractivity (Wildman–Crippen MR) is 109 cm³/mol. The summed E-state index contributed by atoms with van der Waals surface area (Å²) in [6, 6.07) is 14.2. The minimum Gasteiger partial charge on any atom is -0.353 e. The maximum atomic E-state index is 12.8. The largest absolute Gasteiger partial charge is 0.353 e. The molecule has 7 nitrogen and oxygen atoms in total. The maximum absolute atomic E-state index is 12.8. The minimum atomic E-state index is -0.0169. The van der Waals surface area contributed by atoms with E-state index in [2.05, 4.69) is 56.2 Å². The number of hydrogen-bond donors (Lipinski definition) is 0. The topological polar surface area (TPSA) is 55.8 Å². The highest BCUT2D eigenvalue weighted by molar-refractivity contribution is 5.92. The number of aromatic nitrogens is 2. The van der Waals surface area contributed by atoms with Crippen molar-refractivity contribution in [3.05, 3.63) is 53.7 Å². The third-order valence-corrected chi connectivity index (χ3v) is 5.61. The molecule has 0 radical (unpaired) electrons. The first-order valence-electron chi connectivity index (χ1n) is 10.0. The Morgan fingerprint density at radius 3 is 2.21 bits per heavy atom. The highest BCUT2D eigenvalue weighted by Crippen LogP contribution is 2.14. The fraction of sp³-hybridized carbons (Fsp3) is 0.476. The first-order valence-corrected chi connectivity index (χ1v) is 10.0. The number of hydrogen-bond acceptors (Lipinski definition) is 6. The lowest BCUT2D eigenvalue weighted by molar-refractivity contribution is 0.0621. The lowest BCUT2D eigenvalue weighted by atomic mass is 10.2. The van der Waals surface area contributed by atoms with Crippen LogP contribution in [0.15, 0.2) is 42.5 Å². The molecular weight excluding hydrogens is 352 g/mol. The summed E-state index contributed by atoms with van der Waals surface area (Å²) in [7, 11) is 2.13. The van der Waals surface area contributed by atoms with Gasteiger partial charge in [0, 0.05) is 58.9 Å². The normalized spacial score (nSPS) is 19.0. The molecule has 0 saturated carbocycles. The Morgan fingerprint density at radius 1 is 0.857 bits per heavy atom. The second-order valence-electron chi connectivity index (χ2n) is 7.62. The van der Waals surface area contributed by atoms with E-state index >= 15 is 0 Å². The van der Waals surface area contributed by atoms with E-state index in [-0.39, 0.29) is 5.91 Å². The molecule has 2 fully saturated rings. The minimum absolute atomic E-state index is 0.0169. The molecule has 7 heteroatoms. The SMILES string of the molecule is CN1CCN(c2ccc(C(=O)N3CCN(Cc4ccccc4)CC3)nn2)CC1. The van der Waals surface area contributed by atoms with Gasteiger partial charge in [0.25, 0.3) is 5.91 Å². The first-order chi connectivity index (χ1) is 13.7. The van der Waals surface area contributed by atoms with Gasteiger partial charge in [-0.15, -0.1) is 10.2 Å². The Labute approximate surface area is 166 Å². The molecule has 1 aromatic carbocycles. The van der Waals surface area contributed by atoms with Gasteiger partial charge < -0.3 is 14.7 Å². The van der Waals surface area contributed by atoms with Crippen molar-refractivity contribution in [1.29, 1.82) is 0 Å². The van der Waals surface area contributed by atoms with Crippen LogP contribution in [0.3, 0.4) is 0 Å². The number of piperazine rings is 2. The van der Waals surface area contributed by atoms with E-state index in [1.165, 1.54) is 5.56 Å². The molecule has 2 aliphatic heterocycles. The molecule has 0 N–H and O–H groups in total. The van der Waals surface area contributed by atoms with Crippen molar-refractivity contribution in [2.45, 2.75) is 6.54 Å². The Balaban J connectivity index is 1.30. The predicted octanol–water partition coefficient (Wildman–Crippen LogP) is 1.19. The summed E-state index contributed by atoms with van der Waals surface area (Å²) in [6.45, 7) is 8.10. The zero-order valence-corrected chi connectivity index (χ0v) is 16.5. The number of nitrogens with zero attached hydrogens (tertiary/aromatic N) is 6. The molecule has 1 amide bonds. The fourth-order valence-corrected chi connectivity index (χ4v) is 3.76. The quantitative estimate of drug-likeness (QED) is 0.794. The molecule has 4 rings (SSSR count). The maximum Gasteiger partial charge on any atom is 0.274 e. The molecule has 0 bridgehead atoms. The summed E-state index contributed by atoms with van der Waals surface area (Å²) in [5, 5.41) is 8.54. The molecule has 2 aliphatic rings. The monoisotopic (exact) mass is 380 g/mol. The second-order valence-corrected chi connectivity index (χ2v) is 7.62. The van der Waals surface area contributed by atoms with Crippen LogP contribution in [-0.2, 0) is 6.54 Å². The van der Waals surface area contributed by atoms with Crippen LogP contribution in [0.25, 0.3) is 0 Å². The lowest BCUT2D eigenvalue weighted by Crippen LogP contribution is -2.48. The molecule has 2 aromatic rings. The number of rotatable bonds is 4. The number of carbonyl (C=O) groups excluding carboxylic acids is 1. The summed E-state index contributed by atoms with van der Waals surface area (Å²) in [4.78, 5) is 21.6. The van der Waals surface area contributed by atoms with Crippen LogP contribution in [-0.4, -0.2) is 90.2 Å². The van der Waals surface area contributed by atoms with Gasteiger partial charge in [0.1, 0.15) is 0 Å². The van der Waals surface area contributed by atoms with Crippen molar-refractivity contribution in [3.8, 4) is 0 Å². The van der Waals surface area contributed by atoms with Gasteiger partial charge in [-0.3, -0.25) is 9.69 Å². The zero-order chi connectivity index (χ0) is 19.3. The van der Waals surface area contributed by atoms with Gasteiger partial charge in [-0.2, -0.15) is 0 Å². The van der Waals surface area contributed by atoms with Crippen LogP contribution < -0.4 is 4.90 Å². The van der Waals surface area contributed by atoms with Crippen LogP contribution >= 0.6 is 0 Å². The molecule has 1 aromatic heterocycles. The van der Waals surface area contributed by atoms with Crippen LogP contribution in [0.2, 0.25) is 0 Å². The Morgan fingerprint density at radius 2 is 1.57 bits per heavy atom. The van der Waals surface area contributed by atoms with Crippen LogP contribution in [0.5, 0.6) is 0 Å². The van der Waals surface area contributed by atoms with Gasteiger partial charge in [0.05, 0.1) is 0 Å². The van der Waals surface area contributed by atoms with Crippen molar-refractivity contribution >= 4 is 11.7 Å². The smallest absolute Gasteiger partial charge is 0.274 e. The number of benzene rings is 1. The van der Waals surface area contributed by atoms with E-state index in [1.807, 2.05) is 23.1 Å². The van der Waals surface area contributed by atoms with E-state index in [0.717, 1.165) is 64.7 Å². The summed E-state index contributed by atoms with van der Waals surface area (Å²) in [5.74, 6) is 0.842. The van der Waals surface area contributed by atoms with E-state index in [1.54, 1.807) is 0 Å². The van der Waals surface area contributed by atoms with Crippen molar-refractivity contribution in [1.82, 2.24) is 24.9 Å². The molecule has 28 heavy (non-hydrogen) atoms. The fourth-order valence-electron chi connectivity index (χ4n) is 3.76. The lowest BCUT2D eigenvalue weighted by Gasteiger charge is -2.34. The molecule has 148 valence electrons. The van der Waals surface area contributed by atoms with E-state index in [9.17, 15) is 4.79 Å². The van der Waals surface area contributed by atoms with E-state index < -0.39 is 0 Å². The van der Waals surface area contributed by atoms with Gasteiger partial charge in [-0.1, -0.05) is 30.3 Å². The van der Waals surface area contributed by atoms with Gasteiger partial charge >= 0.3 is 0 Å². The van der Waals surface area contributed by atoms with Crippen LogP contribution in [0.4, 0.5) is 5.82 Å². The molecule has 2 saturated heterocycles. The Bertz CT molecular complexity index is 765. The number of anilines is 1. The standard InChI is InChI=1S/C21H28N6O/c1-24-9-13-26(14-10-24)20-8-7-19(22-23-20)21(28)27-15-11-25(12-16-27)17-18-5-3-2-4-6-18/h2-8H,9-17H2,1H3. The molecular formula is C21H28N6O. The molecule has 0 spiro atoms. The van der Waals surface area contributed by atoms with E-state index in [4.69, 9.17) is 0 Å². The summed E-state index contributed by atoms with van der Waals surface area (Å²) < 4.78 is 0. The summed E-state index contributed by atoms with van der Waals surface area (Å²) >= 11 is 0. The van der Waals surface area contributed by atoms with Gasteiger partial charge in [0.15, 0.2) is 11.5 Å². The van der Waals surface area contributed by atoms with Gasteiger partial charge in [-0.25, -0.2) is 0 Å². The zero-order valence-electron chi connectivity index (χ0n) is 16.5. The van der Waals surface area contributed by atoms with Crippen molar-refractivity contribution in [2.75, 3.05) is 64.3 Å². The number of carbonyl (C=O) groups is 1.